The van der Waals surface area contributed by atoms with E-state index in [2.05, 4.69) is 6.07 Å². The first kappa shape index (κ1) is 18.1. The molecule has 0 heterocycles. The molecule has 0 atom stereocenters. The molecule has 0 amide bonds. The van der Waals surface area contributed by atoms with Crippen LogP contribution in [0, 0.1) is 29.0 Å². The smallest absolute Gasteiger partial charge is 0.123 e. The fraction of sp³-hybridized carbons (Fsp3) is 0.591. The standard InChI is InChI=1S/C22H28FNO/c23-21-11-9-20(10-12-21)19-7-3-18(4-8-19)16-25-22-13-5-17(6-14-22)2-1-15-24/h1-2,9-12,17-19,22H,3-8,13-14,16H2/b2-1+. The predicted octanol–water partition coefficient (Wildman–Crippen LogP) is 5.75. The van der Waals surface area contributed by atoms with Gasteiger partial charge in [0.1, 0.15) is 5.82 Å². The zero-order chi connectivity index (χ0) is 17.5. The van der Waals surface area contributed by atoms with E-state index in [1.165, 1.54) is 31.2 Å². The van der Waals surface area contributed by atoms with Gasteiger partial charge in [-0.15, -0.1) is 0 Å². The maximum absolute atomic E-state index is 13.0. The van der Waals surface area contributed by atoms with Gasteiger partial charge in [0.05, 0.1) is 12.2 Å². The summed E-state index contributed by atoms with van der Waals surface area (Å²) in [4.78, 5) is 0. The van der Waals surface area contributed by atoms with Crippen LogP contribution < -0.4 is 0 Å². The Bertz CT molecular complexity index is 587. The zero-order valence-electron chi connectivity index (χ0n) is 14.9. The lowest BCUT2D eigenvalue weighted by molar-refractivity contribution is -0.00456. The van der Waals surface area contributed by atoms with Gasteiger partial charge in [-0.25, -0.2) is 4.39 Å². The summed E-state index contributed by atoms with van der Waals surface area (Å²) < 4.78 is 19.2. The van der Waals surface area contributed by atoms with E-state index in [0.29, 0.717) is 23.9 Å². The first-order chi connectivity index (χ1) is 12.2. The summed E-state index contributed by atoms with van der Waals surface area (Å²) in [5.41, 5.74) is 1.28. The molecule has 2 aliphatic rings. The van der Waals surface area contributed by atoms with E-state index >= 15 is 0 Å². The van der Waals surface area contributed by atoms with Gasteiger partial charge in [0.15, 0.2) is 0 Å². The molecule has 2 aliphatic carbocycles. The molecule has 3 heteroatoms. The predicted molar refractivity (Wildman–Crippen MR) is 97.6 cm³/mol. The van der Waals surface area contributed by atoms with Crippen molar-refractivity contribution in [2.75, 3.05) is 6.61 Å². The van der Waals surface area contributed by atoms with Crippen LogP contribution in [0.15, 0.2) is 36.4 Å². The van der Waals surface area contributed by atoms with Crippen LogP contribution in [0.25, 0.3) is 0 Å². The number of rotatable bonds is 5. The Labute approximate surface area is 150 Å². The van der Waals surface area contributed by atoms with Gasteiger partial charge in [-0.2, -0.15) is 5.26 Å². The van der Waals surface area contributed by atoms with Crippen LogP contribution in [0.1, 0.15) is 62.8 Å². The highest BCUT2D eigenvalue weighted by molar-refractivity contribution is 5.20. The van der Waals surface area contributed by atoms with Gasteiger partial charge in [0, 0.05) is 12.7 Å². The van der Waals surface area contributed by atoms with E-state index < -0.39 is 0 Å². The molecule has 0 radical (unpaired) electrons. The van der Waals surface area contributed by atoms with Gasteiger partial charge in [0.25, 0.3) is 0 Å². The first-order valence-corrected chi connectivity index (χ1v) is 9.68. The number of hydrogen-bond donors (Lipinski definition) is 0. The summed E-state index contributed by atoms with van der Waals surface area (Å²) in [6.45, 7) is 0.888. The first-order valence-electron chi connectivity index (χ1n) is 9.68. The number of hydrogen-bond acceptors (Lipinski definition) is 2. The van der Waals surface area contributed by atoms with Crippen molar-refractivity contribution < 1.29 is 9.13 Å². The lowest BCUT2D eigenvalue weighted by Gasteiger charge is -2.32. The van der Waals surface area contributed by atoms with Crippen LogP contribution in [-0.4, -0.2) is 12.7 Å². The minimum absolute atomic E-state index is 0.149. The van der Waals surface area contributed by atoms with Gasteiger partial charge >= 0.3 is 0 Å². The van der Waals surface area contributed by atoms with E-state index in [0.717, 1.165) is 32.3 Å². The lowest BCUT2D eigenvalue weighted by Crippen LogP contribution is -2.25. The lowest BCUT2D eigenvalue weighted by atomic mass is 9.79. The third-order valence-corrected chi connectivity index (χ3v) is 5.92. The maximum Gasteiger partial charge on any atom is 0.123 e. The summed E-state index contributed by atoms with van der Waals surface area (Å²) in [6, 6.07) is 9.12. The molecule has 2 fully saturated rings. The molecule has 0 spiro atoms. The molecule has 25 heavy (non-hydrogen) atoms. The minimum atomic E-state index is -0.149. The van der Waals surface area contributed by atoms with E-state index in [9.17, 15) is 4.39 Å². The highest BCUT2D eigenvalue weighted by atomic mass is 19.1. The van der Waals surface area contributed by atoms with Crippen molar-refractivity contribution in [3.63, 3.8) is 0 Å². The van der Waals surface area contributed by atoms with Gasteiger partial charge in [-0.3, -0.25) is 0 Å². The molecule has 0 aromatic heterocycles. The third kappa shape index (κ3) is 5.41. The van der Waals surface area contributed by atoms with Crippen molar-refractivity contribution >= 4 is 0 Å². The van der Waals surface area contributed by atoms with E-state index in [-0.39, 0.29) is 5.82 Å². The summed E-state index contributed by atoms with van der Waals surface area (Å²) in [6.07, 6.45) is 13.4. The molecule has 3 rings (SSSR count). The SMILES string of the molecule is N#C/C=C/C1CCC(OCC2CCC(c3ccc(F)cc3)CC2)CC1. The second-order valence-electron chi connectivity index (χ2n) is 7.63. The molecule has 0 saturated heterocycles. The molecule has 1 aromatic rings. The largest absolute Gasteiger partial charge is 0.378 e. The van der Waals surface area contributed by atoms with Gasteiger partial charge in [0.2, 0.25) is 0 Å². The topological polar surface area (TPSA) is 33.0 Å². The summed E-state index contributed by atoms with van der Waals surface area (Å²) in [5, 5.41) is 8.60. The molecular formula is C22H28FNO. The van der Waals surface area contributed by atoms with Crippen molar-refractivity contribution in [3.8, 4) is 6.07 Å². The Hall–Kier alpha value is -1.66. The Morgan fingerprint density at radius 2 is 1.68 bits per heavy atom. The number of nitrogens with zero attached hydrogens (tertiary/aromatic N) is 1. The Morgan fingerprint density at radius 1 is 1.00 bits per heavy atom. The van der Waals surface area contributed by atoms with Gasteiger partial charge in [-0.05, 0) is 86.8 Å². The molecule has 1 aromatic carbocycles. The van der Waals surface area contributed by atoms with E-state index in [4.69, 9.17) is 10.00 Å². The number of allylic oxidation sites excluding steroid dienone is 2. The van der Waals surface area contributed by atoms with Crippen LogP contribution in [0.4, 0.5) is 4.39 Å². The summed E-state index contributed by atoms with van der Waals surface area (Å²) in [7, 11) is 0. The molecule has 0 bridgehead atoms. The second kappa shape index (κ2) is 9.15. The van der Waals surface area contributed by atoms with E-state index in [1.54, 1.807) is 18.2 Å². The minimum Gasteiger partial charge on any atom is -0.378 e. The number of ether oxygens (including phenoxy) is 1. The van der Waals surface area contributed by atoms with Crippen molar-refractivity contribution in [2.45, 2.75) is 63.4 Å². The van der Waals surface area contributed by atoms with Crippen LogP contribution in [0.5, 0.6) is 0 Å². The van der Waals surface area contributed by atoms with Crippen molar-refractivity contribution in [1.29, 1.82) is 5.26 Å². The van der Waals surface area contributed by atoms with Gasteiger partial charge < -0.3 is 4.74 Å². The average Bonchev–Trinajstić information content (AvgIpc) is 2.67. The van der Waals surface area contributed by atoms with Crippen LogP contribution >= 0.6 is 0 Å². The number of halogens is 1. The molecule has 0 N–H and O–H groups in total. The van der Waals surface area contributed by atoms with Crippen molar-refractivity contribution in [2.24, 2.45) is 11.8 Å². The Morgan fingerprint density at radius 3 is 2.32 bits per heavy atom. The fourth-order valence-corrected chi connectivity index (χ4v) is 4.30. The molecule has 134 valence electrons. The quantitative estimate of drug-likeness (QED) is 0.638. The van der Waals surface area contributed by atoms with Crippen molar-refractivity contribution in [3.05, 3.63) is 47.8 Å². The van der Waals surface area contributed by atoms with Crippen LogP contribution in [0.3, 0.4) is 0 Å². The number of benzene rings is 1. The average molecular weight is 341 g/mol. The Kier molecular flexibility index (Phi) is 6.64. The van der Waals surface area contributed by atoms with Crippen LogP contribution in [-0.2, 0) is 4.74 Å². The van der Waals surface area contributed by atoms with Crippen molar-refractivity contribution in [1.82, 2.24) is 0 Å². The normalized spacial score (nSPS) is 30.2. The third-order valence-electron chi connectivity index (χ3n) is 5.92. The summed E-state index contributed by atoms with van der Waals surface area (Å²) in [5.74, 6) is 1.67. The molecule has 0 aliphatic heterocycles. The second-order valence-corrected chi connectivity index (χ2v) is 7.63. The molecule has 2 nitrogen and oxygen atoms in total. The number of nitriles is 1. The fourth-order valence-electron chi connectivity index (χ4n) is 4.30. The highest BCUT2D eigenvalue weighted by Gasteiger charge is 2.25. The molecular weight excluding hydrogens is 313 g/mol. The zero-order valence-corrected chi connectivity index (χ0v) is 14.9. The Balaban J connectivity index is 1.35. The van der Waals surface area contributed by atoms with Crippen LogP contribution in [0.2, 0.25) is 0 Å². The van der Waals surface area contributed by atoms with E-state index in [1.807, 2.05) is 18.2 Å². The highest BCUT2D eigenvalue weighted by Crippen LogP contribution is 2.36. The molecule has 2 saturated carbocycles. The molecule has 0 unspecified atom stereocenters. The summed E-state index contributed by atoms with van der Waals surface area (Å²) >= 11 is 0. The monoisotopic (exact) mass is 341 g/mol. The maximum atomic E-state index is 13.0. The van der Waals surface area contributed by atoms with Gasteiger partial charge in [-0.1, -0.05) is 18.2 Å².